The van der Waals surface area contributed by atoms with Gasteiger partial charge in [-0.05, 0) is 36.0 Å². The van der Waals surface area contributed by atoms with Gasteiger partial charge >= 0.3 is 5.97 Å². The zero-order valence-electron chi connectivity index (χ0n) is 18.2. The summed E-state index contributed by atoms with van der Waals surface area (Å²) >= 11 is 6.06. The molecule has 1 saturated heterocycles. The van der Waals surface area contributed by atoms with E-state index in [9.17, 15) is 19.2 Å². The predicted octanol–water partition coefficient (Wildman–Crippen LogP) is 3.24. The second-order valence-electron chi connectivity index (χ2n) is 8.89. The normalized spacial score (nSPS) is 25.4. The van der Waals surface area contributed by atoms with Crippen LogP contribution >= 0.6 is 11.6 Å². The summed E-state index contributed by atoms with van der Waals surface area (Å²) in [5.74, 6) is -2.79. The van der Waals surface area contributed by atoms with Crippen LogP contribution in [0.15, 0.2) is 66.7 Å². The molecule has 2 aromatic carbocycles. The minimum absolute atomic E-state index is 0.0336. The van der Waals surface area contributed by atoms with Crippen molar-refractivity contribution in [3.63, 3.8) is 0 Å². The van der Waals surface area contributed by atoms with E-state index in [0.29, 0.717) is 10.7 Å². The van der Waals surface area contributed by atoms with Crippen LogP contribution < -0.4 is 5.32 Å². The third kappa shape index (κ3) is 4.01. The predicted molar refractivity (Wildman–Crippen MR) is 125 cm³/mol. The Morgan fingerprint density at radius 3 is 2.24 bits per heavy atom. The van der Waals surface area contributed by atoms with Gasteiger partial charge in [-0.1, -0.05) is 66.2 Å². The summed E-state index contributed by atoms with van der Waals surface area (Å²) in [5, 5.41) is 2.94. The number of benzene rings is 2. The van der Waals surface area contributed by atoms with E-state index in [4.69, 9.17) is 16.3 Å². The fourth-order valence-corrected chi connectivity index (χ4v) is 5.51. The number of hydrogen-bond acceptors (Lipinski definition) is 5. The van der Waals surface area contributed by atoms with E-state index >= 15 is 0 Å². The fourth-order valence-electron chi connectivity index (χ4n) is 5.33. The zero-order valence-corrected chi connectivity index (χ0v) is 19.0. The number of ether oxygens (including phenoxy) is 1. The third-order valence-electron chi connectivity index (χ3n) is 6.85. The van der Waals surface area contributed by atoms with Crippen molar-refractivity contribution < 1.29 is 23.9 Å². The minimum atomic E-state index is -1.14. The van der Waals surface area contributed by atoms with Gasteiger partial charge in [0, 0.05) is 6.42 Å². The van der Waals surface area contributed by atoms with Gasteiger partial charge in [-0.25, -0.2) is 4.79 Å². The highest BCUT2D eigenvalue weighted by Crippen LogP contribution is 2.53. The second kappa shape index (κ2) is 9.06. The number of esters is 1. The van der Waals surface area contributed by atoms with Crippen molar-refractivity contribution in [3.8, 4) is 0 Å². The van der Waals surface area contributed by atoms with Gasteiger partial charge in [-0.15, -0.1) is 0 Å². The summed E-state index contributed by atoms with van der Waals surface area (Å²) in [7, 11) is 0. The molecule has 1 heterocycles. The molecule has 0 aromatic heterocycles. The van der Waals surface area contributed by atoms with Crippen molar-refractivity contribution in [2.24, 2.45) is 23.7 Å². The van der Waals surface area contributed by atoms with Crippen LogP contribution in [0.2, 0.25) is 5.02 Å². The number of nitrogens with one attached hydrogen (secondary N) is 1. The maximum absolute atomic E-state index is 13.3. The standard InChI is InChI=1S/C26H23ClN2O5/c27-18-8-4-5-9-19(18)28-21(30)14-34-26(33)20(12-15-6-2-1-3-7-15)29-24(31)22-16-10-11-17(13-16)23(22)25(29)32/h1-11,16-17,20,22-23H,12-14H2,(H,28,30)/t16-,17-,20+,22-,23+/m0/s1. The highest BCUT2D eigenvalue weighted by atomic mass is 35.5. The molecule has 1 aliphatic heterocycles. The van der Waals surface area contributed by atoms with Crippen molar-refractivity contribution in [1.29, 1.82) is 0 Å². The summed E-state index contributed by atoms with van der Waals surface area (Å²) in [4.78, 5) is 53.2. The number of likely N-dealkylation sites (tertiary alicyclic amines) is 1. The Morgan fingerprint density at radius 1 is 0.971 bits per heavy atom. The zero-order chi connectivity index (χ0) is 23.8. The van der Waals surface area contributed by atoms with Crippen LogP contribution in [0.3, 0.4) is 0 Å². The van der Waals surface area contributed by atoms with Gasteiger partial charge in [-0.3, -0.25) is 19.3 Å². The molecular weight excluding hydrogens is 456 g/mol. The first-order valence-corrected chi connectivity index (χ1v) is 11.6. The molecule has 34 heavy (non-hydrogen) atoms. The van der Waals surface area contributed by atoms with Gasteiger partial charge in [-0.2, -0.15) is 0 Å². The average Bonchev–Trinajstić information content (AvgIpc) is 3.52. The smallest absolute Gasteiger partial charge is 0.330 e. The monoisotopic (exact) mass is 478 g/mol. The lowest BCUT2D eigenvalue weighted by molar-refractivity contribution is -0.160. The van der Waals surface area contributed by atoms with Crippen molar-refractivity contribution in [3.05, 3.63) is 77.3 Å². The van der Waals surface area contributed by atoms with Crippen LogP contribution in [-0.2, 0) is 30.3 Å². The molecule has 2 aliphatic carbocycles. The van der Waals surface area contributed by atoms with Gasteiger partial charge in [0.1, 0.15) is 6.04 Å². The molecule has 174 valence electrons. The van der Waals surface area contributed by atoms with Crippen LogP contribution in [0.5, 0.6) is 0 Å². The second-order valence-corrected chi connectivity index (χ2v) is 9.29. The third-order valence-corrected chi connectivity index (χ3v) is 7.18. The molecule has 3 aliphatic rings. The number of hydrogen-bond donors (Lipinski definition) is 1. The molecule has 5 rings (SSSR count). The molecule has 2 fully saturated rings. The van der Waals surface area contributed by atoms with E-state index in [-0.39, 0.29) is 30.1 Å². The van der Waals surface area contributed by atoms with E-state index in [0.717, 1.165) is 16.9 Å². The summed E-state index contributed by atoms with van der Waals surface area (Å²) in [6.45, 7) is -0.564. The van der Waals surface area contributed by atoms with Gasteiger partial charge in [0.25, 0.3) is 5.91 Å². The molecule has 5 atom stereocenters. The SMILES string of the molecule is O=C(COC(=O)[C@@H](Cc1ccccc1)N1C(=O)[C@@H]2[C@H](C1=O)[C@H]1C=C[C@H]2C1)Nc1ccccc1Cl. The van der Waals surface area contributed by atoms with E-state index in [1.807, 2.05) is 42.5 Å². The number of rotatable bonds is 7. The molecule has 7 nitrogen and oxygen atoms in total. The first-order chi connectivity index (χ1) is 16.4. The van der Waals surface area contributed by atoms with E-state index in [1.54, 1.807) is 24.3 Å². The van der Waals surface area contributed by atoms with Crippen LogP contribution in [0.1, 0.15) is 12.0 Å². The van der Waals surface area contributed by atoms with Crippen LogP contribution in [0.4, 0.5) is 5.69 Å². The Bertz CT molecular complexity index is 1150. The van der Waals surface area contributed by atoms with Crippen molar-refractivity contribution >= 4 is 41.0 Å². The molecule has 1 N–H and O–H groups in total. The Morgan fingerprint density at radius 2 is 1.59 bits per heavy atom. The lowest BCUT2D eigenvalue weighted by Crippen LogP contribution is -2.48. The van der Waals surface area contributed by atoms with Gasteiger partial charge in [0.05, 0.1) is 22.5 Å². The number of amides is 3. The number of halogens is 1. The minimum Gasteiger partial charge on any atom is -0.454 e. The number of fused-ring (bicyclic) bond motifs is 5. The highest BCUT2D eigenvalue weighted by Gasteiger charge is 2.61. The topological polar surface area (TPSA) is 92.8 Å². The Hall–Kier alpha value is -3.45. The van der Waals surface area contributed by atoms with Crippen molar-refractivity contribution in [2.75, 3.05) is 11.9 Å². The van der Waals surface area contributed by atoms with Gasteiger partial charge < -0.3 is 10.1 Å². The van der Waals surface area contributed by atoms with Crippen molar-refractivity contribution in [1.82, 2.24) is 4.90 Å². The largest absolute Gasteiger partial charge is 0.454 e. The fraction of sp³-hybridized carbons (Fsp3) is 0.308. The molecule has 1 saturated carbocycles. The summed E-state index contributed by atoms with van der Waals surface area (Å²) < 4.78 is 5.29. The Balaban J connectivity index is 1.32. The molecule has 2 aromatic rings. The van der Waals surface area contributed by atoms with Crippen LogP contribution in [0.25, 0.3) is 0 Å². The van der Waals surface area contributed by atoms with Crippen molar-refractivity contribution in [2.45, 2.75) is 18.9 Å². The van der Waals surface area contributed by atoms with Crippen LogP contribution in [-0.4, -0.2) is 41.2 Å². The first-order valence-electron chi connectivity index (χ1n) is 11.2. The first kappa shape index (κ1) is 22.3. The summed E-state index contributed by atoms with van der Waals surface area (Å²) in [5.41, 5.74) is 1.18. The number of imide groups is 1. The number of allylic oxidation sites excluding steroid dienone is 2. The maximum atomic E-state index is 13.3. The average molecular weight is 479 g/mol. The molecule has 3 amide bonds. The van der Waals surface area contributed by atoms with E-state index in [1.165, 1.54) is 0 Å². The van der Waals surface area contributed by atoms with E-state index in [2.05, 4.69) is 5.32 Å². The molecule has 0 spiro atoms. The molecule has 0 radical (unpaired) electrons. The highest BCUT2D eigenvalue weighted by molar-refractivity contribution is 6.33. The lowest BCUT2D eigenvalue weighted by atomic mass is 9.85. The Labute approximate surface area is 201 Å². The number of nitrogens with zero attached hydrogens (tertiary/aromatic N) is 1. The summed E-state index contributed by atoms with van der Waals surface area (Å²) in [6.07, 6.45) is 4.93. The molecule has 2 bridgehead atoms. The van der Waals surface area contributed by atoms with Gasteiger partial charge in [0.2, 0.25) is 11.8 Å². The number of anilines is 1. The maximum Gasteiger partial charge on any atom is 0.330 e. The van der Waals surface area contributed by atoms with Gasteiger partial charge in [0.15, 0.2) is 6.61 Å². The van der Waals surface area contributed by atoms with E-state index < -0.39 is 36.4 Å². The number of para-hydroxylation sites is 1. The molecular formula is C26H23ClN2O5. The number of carbonyl (C=O) groups excluding carboxylic acids is 4. The quantitative estimate of drug-likeness (QED) is 0.374. The number of carbonyl (C=O) groups is 4. The molecule has 8 heteroatoms. The summed E-state index contributed by atoms with van der Waals surface area (Å²) in [6, 6.07) is 14.7. The van der Waals surface area contributed by atoms with Crippen LogP contribution in [0, 0.1) is 23.7 Å². The molecule has 0 unspecified atom stereocenters. The lowest BCUT2D eigenvalue weighted by Gasteiger charge is -2.26. The Kier molecular flexibility index (Phi) is 5.96.